The number of carbonyl (C=O) groups is 2. The molecule has 0 aliphatic rings. The van der Waals surface area contributed by atoms with Crippen molar-refractivity contribution in [2.45, 2.75) is 19.9 Å². The van der Waals surface area contributed by atoms with Crippen LogP contribution in [0, 0.1) is 10.1 Å². The molecule has 126 valence electrons. The predicted octanol–water partition coefficient (Wildman–Crippen LogP) is 2.00. The third-order valence-corrected chi connectivity index (χ3v) is 3.10. The Morgan fingerprint density at radius 1 is 1.38 bits per heavy atom. The van der Waals surface area contributed by atoms with Crippen molar-refractivity contribution in [3.05, 3.63) is 52.5 Å². The van der Waals surface area contributed by atoms with Crippen LogP contribution in [0.3, 0.4) is 0 Å². The molecule has 1 aromatic heterocycles. The summed E-state index contributed by atoms with van der Waals surface area (Å²) in [6.07, 6.45) is 2.61. The maximum atomic E-state index is 12.0. The number of anilines is 1. The topological polar surface area (TPSA) is 116 Å². The van der Waals surface area contributed by atoms with Crippen molar-refractivity contribution in [1.29, 1.82) is 0 Å². The number of benzene rings is 1. The zero-order valence-electron chi connectivity index (χ0n) is 13.0. The predicted molar refractivity (Wildman–Crippen MR) is 84.5 cm³/mol. The Bertz CT molecular complexity index is 756. The molecule has 9 heteroatoms. The number of para-hydroxylation sites is 1. The van der Waals surface area contributed by atoms with Gasteiger partial charge in [-0.25, -0.2) is 4.79 Å². The van der Waals surface area contributed by atoms with Crippen molar-refractivity contribution in [1.82, 2.24) is 9.55 Å². The lowest BCUT2D eigenvalue weighted by molar-refractivity contribution is -0.389. The van der Waals surface area contributed by atoms with E-state index in [1.807, 2.05) is 0 Å². The van der Waals surface area contributed by atoms with Crippen molar-refractivity contribution in [2.24, 2.45) is 0 Å². The maximum Gasteiger partial charge on any atom is 0.381 e. The van der Waals surface area contributed by atoms with Gasteiger partial charge in [-0.2, -0.15) is 0 Å². The Morgan fingerprint density at radius 3 is 2.79 bits per heavy atom. The molecule has 0 aliphatic heterocycles. The Morgan fingerprint density at radius 2 is 2.12 bits per heavy atom. The molecule has 1 N–H and O–H groups in total. The lowest BCUT2D eigenvalue weighted by Gasteiger charge is -2.10. The van der Waals surface area contributed by atoms with Crippen LogP contribution in [0.5, 0.6) is 0 Å². The van der Waals surface area contributed by atoms with E-state index in [1.54, 1.807) is 31.2 Å². The van der Waals surface area contributed by atoms with E-state index in [9.17, 15) is 19.7 Å². The second-order valence-electron chi connectivity index (χ2n) is 4.79. The van der Waals surface area contributed by atoms with Gasteiger partial charge in [-0.1, -0.05) is 12.1 Å². The summed E-state index contributed by atoms with van der Waals surface area (Å²) in [5.74, 6) is -1.12. The van der Waals surface area contributed by atoms with Gasteiger partial charge >= 0.3 is 11.8 Å². The minimum absolute atomic E-state index is 0.0741. The monoisotopic (exact) mass is 332 g/mol. The average molecular weight is 332 g/mol. The number of aromatic nitrogens is 2. The van der Waals surface area contributed by atoms with Crippen molar-refractivity contribution in [3.8, 4) is 0 Å². The highest BCUT2D eigenvalue weighted by Gasteiger charge is 2.15. The van der Waals surface area contributed by atoms with Gasteiger partial charge in [0.15, 0.2) is 0 Å². The summed E-state index contributed by atoms with van der Waals surface area (Å²) < 4.78 is 6.39. The fraction of sp³-hybridized carbons (Fsp3) is 0.267. The zero-order valence-corrected chi connectivity index (χ0v) is 13.0. The number of hydrogen-bond donors (Lipinski definition) is 1. The molecule has 2 rings (SSSR count). The Labute approximate surface area is 137 Å². The van der Waals surface area contributed by atoms with Gasteiger partial charge in [-0.05, 0) is 29.0 Å². The summed E-state index contributed by atoms with van der Waals surface area (Å²) in [7, 11) is 0. The van der Waals surface area contributed by atoms with Crippen LogP contribution in [-0.4, -0.2) is 33.0 Å². The van der Waals surface area contributed by atoms with Crippen LogP contribution < -0.4 is 5.32 Å². The Hall–Kier alpha value is -3.23. The molecule has 1 heterocycles. The van der Waals surface area contributed by atoms with Gasteiger partial charge in [0, 0.05) is 13.0 Å². The third-order valence-electron chi connectivity index (χ3n) is 3.10. The van der Waals surface area contributed by atoms with Gasteiger partial charge in [-0.3, -0.25) is 4.79 Å². The smallest absolute Gasteiger partial charge is 0.381 e. The van der Waals surface area contributed by atoms with Crippen molar-refractivity contribution >= 4 is 23.4 Å². The number of aryl methyl sites for hydroxylation is 1. The van der Waals surface area contributed by atoms with E-state index in [-0.39, 0.29) is 36.9 Å². The molecule has 9 nitrogen and oxygen atoms in total. The number of carbonyl (C=O) groups excluding carboxylic acids is 2. The van der Waals surface area contributed by atoms with E-state index in [2.05, 4.69) is 10.3 Å². The molecule has 0 saturated heterocycles. The molecule has 24 heavy (non-hydrogen) atoms. The Balaban J connectivity index is 1.97. The van der Waals surface area contributed by atoms with E-state index in [0.29, 0.717) is 5.69 Å². The van der Waals surface area contributed by atoms with Gasteiger partial charge in [0.05, 0.1) is 17.9 Å². The van der Waals surface area contributed by atoms with Crippen LogP contribution in [0.25, 0.3) is 0 Å². The first kappa shape index (κ1) is 17.1. The van der Waals surface area contributed by atoms with E-state index in [1.165, 1.54) is 17.1 Å². The van der Waals surface area contributed by atoms with E-state index in [4.69, 9.17) is 4.74 Å². The highest BCUT2D eigenvalue weighted by atomic mass is 16.6. The number of amides is 1. The fourth-order valence-electron chi connectivity index (χ4n) is 1.99. The second-order valence-corrected chi connectivity index (χ2v) is 4.79. The molecule has 0 spiro atoms. The van der Waals surface area contributed by atoms with Crippen LogP contribution in [0.2, 0.25) is 0 Å². The van der Waals surface area contributed by atoms with Gasteiger partial charge in [0.2, 0.25) is 12.2 Å². The van der Waals surface area contributed by atoms with Crippen LogP contribution >= 0.6 is 0 Å². The highest BCUT2D eigenvalue weighted by molar-refractivity contribution is 6.01. The molecule has 1 amide bonds. The number of hydrogen-bond acceptors (Lipinski definition) is 6. The standard InChI is InChI=1S/C15H16N4O5/c1-2-24-15(21)11-5-3-4-6-12(11)17-14(20)7-8-18-9-13(16-10-18)19(22)23/h3-6,9-10H,2,7-8H2,1H3,(H,17,20). The third kappa shape index (κ3) is 4.38. The normalized spacial score (nSPS) is 10.2. The SMILES string of the molecule is CCOC(=O)c1ccccc1NC(=O)CCn1cnc([N+](=O)[O-])c1. The molecule has 2 aromatic rings. The minimum Gasteiger partial charge on any atom is -0.462 e. The summed E-state index contributed by atoms with van der Waals surface area (Å²) in [5.41, 5.74) is 0.628. The number of ether oxygens (including phenoxy) is 1. The molecule has 0 bridgehead atoms. The number of nitro groups is 1. The molecule has 0 fully saturated rings. The first-order chi connectivity index (χ1) is 11.5. The summed E-state index contributed by atoms with van der Waals surface area (Å²) in [6.45, 7) is 2.16. The molecular weight excluding hydrogens is 316 g/mol. The van der Waals surface area contributed by atoms with Crippen LogP contribution in [0.4, 0.5) is 11.5 Å². The summed E-state index contributed by atoms with van der Waals surface area (Å²) in [5, 5.41) is 13.2. The molecular formula is C15H16N4O5. The number of rotatable bonds is 7. The van der Waals surface area contributed by atoms with Crippen LogP contribution in [0.15, 0.2) is 36.8 Å². The zero-order chi connectivity index (χ0) is 17.5. The number of imidazole rings is 1. The second kappa shape index (κ2) is 7.86. The number of nitrogens with zero attached hydrogens (tertiary/aromatic N) is 3. The van der Waals surface area contributed by atoms with Crippen molar-refractivity contribution in [2.75, 3.05) is 11.9 Å². The molecule has 0 atom stereocenters. The molecule has 0 radical (unpaired) electrons. The average Bonchev–Trinajstić information content (AvgIpc) is 3.03. The quantitative estimate of drug-likeness (QED) is 0.471. The molecule has 0 saturated carbocycles. The largest absolute Gasteiger partial charge is 0.462 e. The lowest BCUT2D eigenvalue weighted by Crippen LogP contribution is -2.17. The summed E-state index contributed by atoms with van der Waals surface area (Å²) >= 11 is 0. The molecule has 1 aromatic carbocycles. The van der Waals surface area contributed by atoms with Gasteiger partial charge in [0.1, 0.15) is 6.20 Å². The van der Waals surface area contributed by atoms with Gasteiger partial charge in [-0.15, -0.1) is 0 Å². The fourth-order valence-corrected chi connectivity index (χ4v) is 1.99. The van der Waals surface area contributed by atoms with Crippen molar-refractivity contribution in [3.63, 3.8) is 0 Å². The van der Waals surface area contributed by atoms with E-state index < -0.39 is 10.9 Å². The Kier molecular flexibility index (Phi) is 5.61. The summed E-state index contributed by atoms with van der Waals surface area (Å²) in [4.78, 5) is 37.4. The molecule has 0 aliphatic carbocycles. The van der Waals surface area contributed by atoms with Crippen molar-refractivity contribution < 1.29 is 19.2 Å². The van der Waals surface area contributed by atoms with Crippen LogP contribution in [-0.2, 0) is 16.1 Å². The minimum atomic E-state index is -0.605. The van der Waals surface area contributed by atoms with Gasteiger partial charge < -0.3 is 24.7 Å². The highest BCUT2D eigenvalue weighted by Crippen LogP contribution is 2.16. The number of nitrogens with one attached hydrogen (secondary N) is 1. The lowest BCUT2D eigenvalue weighted by atomic mass is 10.1. The first-order valence-corrected chi connectivity index (χ1v) is 7.23. The number of esters is 1. The van der Waals surface area contributed by atoms with Crippen LogP contribution in [0.1, 0.15) is 23.7 Å². The maximum absolute atomic E-state index is 12.0. The first-order valence-electron chi connectivity index (χ1n) is 7.23. The summed E-state index contributed by atoms with van der Waals surface area (Å²) in [6, 6.07) is 6.53. The van der Waals surface area contributed by atoms with E-state index in [0.717, 1.165) is 0 Å². The van der Waals surface area contributed by atoms with E-state index >= 15 is 0 Å². The van der Waals surface area contributed by atoms with Gasteiger partial charge in [0.25, 0.3) is 0 Å². The molecule has 0 unspecified atom stereocenters.